The van der Waals surface area contributed by atoms with Crippen LogP contribution in [0.3, 0.4) is 0 Å². The van der Waals surface area contributed by atoms with E-state index < -0.39 is 0 Å². The van der Waals surface area contributed by atoms with E-state index in [0.717, 1.165) is 5.56 Å². The first kappa shape index (κ1) is 12.8. The van der Waals surface area contributed by atoms with Crippen molar-refractivity contribution >= 4 is 17.4 Å². The standard InChI is InChI=1S/C14H16ClN3/c1-14(2,3)10-6-4-9(5-7-10)13-17-11(15)8-12(16)18-13/h4-8H,1-3H3,(H2,16,17,18). The molecule has 0 bridgehead atoms. The van der Waals surface area contributed by atoms with Crippen molar-refractivity contribution in [2.24, 2.45) is 0 Å². The largest absolute Gasteiger partial charge is 0.384 e. The Bertz CT molecular complexity index is 536. The van der Waals surface area contributed by atoms with E-state index in [4.69, 9.17) is 17.3 Å². The van der Waals surface area contributed by atoms with Gasteiger partial charge in [0.2, 0.25) is 0 Å². The van der Waals surface area contributed by atoms with Gasteiger partial charge in [0.25, 0.3) is 0 Å². The molecule has 0 saturated carbocycles. The highest BCUT2D eigenvalue weighted by molar-refractivity contribution is 6.29. The van der Waals surface area contributed by atoms with E-state index in [9.17, 15) is 0 Å². The molecule has 1 aromatic carbocycles. The molecule has 2 rings (SSSR count). The fourth-order valence-corrected chi connectivity index (χ4v) is 1.88. The molecule has 0 fully saturated rings. The number of anilines is 1. The number of rotatable bonds is 1. The van der Waals surface area contributed by atoms with Gasteiger partial charge >= 0.3 is 0 Å². The number of hydrogen-bond donors (Lipinski definition) is 1. The van der Waals surface area contributed by atoms with Gasteiger partial charge in [-0.3, -0.25) is 0 Å². The number of nitrogens with two attached hydrogens (primary N) is 1. The third-order valence-electron chi connectivity index (χ3n) is 2.72. The smallest absolute Gasteiger partial charge is 0.163 e. The molecular formula is C14H16ClN3. The van der Waals surface area contributed by atoms with Crippen molar-refractivity contribution < 1.29 is 0 Å². The van der Waals surface area contributed by atoms with E-state index in [1.807, 2.05) is 12.1 Å². The molecule has 3 nitrogen and oxygen atoms in total. The van der Waals surface area contributed by atoms with Crippen LogP contribution in [-0.2, 0) is 5.41 Å². The van der Waals surface area contributed by atoms with Gasteiger partial charge in [-0.1, -0.05) is 56.6 Å². The maximum Gasteiger partial charge on any atom is 0.163 e. The molecule has 94 valence electrons. The van der Waals surface area contributed by atoms with Gasteiger partial charge in [0, 0.05) is 11.6 Å². The molecule has 0 atom stereocenters. The number of nitrogens with zero attached hydrogens (tertiary/aromatic N) is 2. The SMILES string of the molecule is CC(C)(C)c1ccc(-c2nc(N)cc(Cl)n2)cc1. The maximum atomic E-state index is 5.87. The second-order valence-electron chi connectivity index (χ2n) is 5.27. The van der Waals surface area contributed by atoms with Crippen LogP contribution in [0.25, 0.3) is 11.4 Å². The Morgan fingerprint density at radius 2 is 1.67 bits per heavy atom. The lowest BCUT2D eigenvalue weighted by molar-refractivity contribution is 0.590. The normalized spacial score (nSPS) is 11.6. The van der Waals surface area contributed by atoms with Crippen LogP contribution in [0.4, 0.5) is 5.82 Å². The van der Waals surface area contributed by atoms with Crippen LogP contribution in [-0.4, -0.2) is 9.97 Å². The van der Waals surface area contributed by atoms with Crippen LogP contribution < -0.4 is 5.73 Å². The van der Waals surface area contributed by atoms with Crippen molar-refractivity contribution in [1.82, 2.24) is 9.97 Å². The molecule has 0 aliphatic rings. The summed E-state index contributed by atoms with van der Waals surface area (Å²) in [4.78, 5) is 8.35. The number of halogens is 1. The van der Waals surface area contributed by atoms with Gasteiger partial charge in [0.1, 0.15) is 11.0 Å². The molecule has 2 N–H and O–H groups in total. The first-order chi connectivity index (χ1) is 8.36. The third kappa shape index (κ3) is 2.79. The van der Waals surface area contributed by atoms with E-state index in [1.54, 1.807) is 0 Å². The molecule has 4 heteroatoms. The molecular weight excluding hydrogens is 246 g/mol. The summed E-state index contributed by atoms with van der Waals surface area (Å²) in [5.41, 5.74) is 7.97. The highest BCUT2D eigenvalue weighted by Crippen LogP contribution is 2.25. The van der Waals surface area contributed by atoms with Crippen LogP contribution >= 0.6 is 11.6 Å². The van der Waals surface area contributed by atoms with Crippen LogP contribution in [0.5, 0.6) is 0 Å². The first-order valence-electron chi connectivity index (χ1n) is 5.77. The van der Waals surface area contributed by atoms with Crippen LogP contribution in [0, 0.1) is 0 Å². The molecule has 0 spiro atoms. The number of hydrogen-bond acceptors (Lipinski definition) is 3. The Hall–Kier alpha value is -1.61. The molecule has 0 saturated heterocycles. The lowest BCUT2D eigenvalue weighted by atomic mass is 9.87. The maximum absolute atomic E-state index is 5.87. The van der Waals surface area contributed by atoms with E-state index in [1.165, 1.54) is 11.6 Å². The summed E-state index contributed by atoms with van der Waals surface area (Å²) in [5, 5.41) is 0.359. The molecule has 18 heavy (non-hydrogen) atoms. The fraction of sp³-hybridized carbons (Fsp3) is 0.286. The lowest BCUT2D eigenvalue weighted by Gasteiger charge is -2.19. The summed E-state index contributed by atoms with van der Waals surface area (Å²) in [6.45, 7) is 6.53. The van der Waals surface area contributed by atoms with Gasteiger partial charge < -0.3 is 5.73 Å². The summed E-state index contributed by atoms with van der Waals surface area (Å²) < 4.78 is 0. The van der Waals surface area contributed by atoms with Crippen LogP contribution in [0.1, 0.15) is 26.3 Å². The molecule has 0 aliphatic carbocycles. The molecule has 1 heterocycles. The van der Waals surface area contributed by atoms with Crippen molar-refractivity contribution in [2.45, 2.75) is 26.2 Å². The highest BCUT2D eigenvalue weighted by atomic mass is 35.5. The Morgan fingerprint density at radius 3 is 2.17 bits per heavy atom. The van der Waals surface area contributed by atoms with Crippen molar-refractivity contribution in [2.75, 3.05) is 5.73 Å². The monoisotopic (exact) mass is 261 g/mol. The Morgan fingerprint density at radius 1 is 1.06 bits per heavy atom. The molecule has 1 aromatic heterocycles. The molecule has 0 unspecified atom stereocenters. The summed E-state index contributed by atoms with van der Waals surface area (Å²) in [5.74, 6) is 0.936. The predicted octanol–water partition coefficient (Wildman–Crippen LogP) is 3.68. The van der Waals surface area contributed by atoms with Crippen LogP contribution in [0.2, 0.25) is 5.15 Å². The molecule has 0 aliphatic heterocycles. The average molecular weight is 262 g/mol. The van der Waals surface area contributed by atoms with E-state index in [-0.39, 0.29) is 5.41 Å². The van der Waals surface area contributed by atoms with Gasteiger partial charge in [0.15, 0.2) is 5.82 Å². The zero-order valence-electron chi connectivity index (χ0n) is 10.7. The van der Waals surface area contributed by atoms with Crippen molar-refractivity contribution in [1.29, 1.82) is 0 Å². The predicted molar refractivity (Wildman–Crippen MR) is 75.6 cm³/mol. The zero-order chi connectivity index (χ0) is 13.3. The topological polar surface area (TPSA) is 51.8 Å². The molecule has 0 radical (unpaired) electrons. The Balaban J connectivity index is 2.40. The minimum absolute atomic E-state index is 0.132. The summed E-state index contributed by atoms with van der Waals surface area (Å²) in [7, 11) is 0. The van der Waals surface area contributed by atoms with Crippen molar-refractivity contribution in [3.05, 3.63) is 41.0 Å². The number of nitrogen functional groups attached to an aromatic ring is 1. The first-order valence-corrected chi connectivity index (χ1v) is 6.15. The summed E-state index contributed by atoms with van der Waals surface area (Å²) >= 11 is 5.87. The van der Waals surface area contributed by atoms with E-state index >= 15 is 0 Å². The lowest BCUT2D eigenvalue weighted by Crippen LogP contribution is -2.10. The van der Waals surface area contributed by atoms with E-state index in [0.29, 0.717) is 16.8 Å². The minimum atomic E-state index is 0.132. The number of aromatic nitrogens is 2. The average Bonchev–Trinajstić information content (AvgIpc) is 2.27. The van der Waals surface area contributed by atoms with Crippen molar-refractivity contribution in [3.8, 4) is 11.4 Å². The Kier molecular flexibility index (Phi) is 3.26. The van der Waals surface area contributed by atoms with E-state index in [2.05, 4.69) is 42.9 Å². The fourth-order valence-electron chi connectivity index (χ4n) is 1.68. The van der Waals surface area contributed by atoms with Gasteiger partial charge in [0.05, 0.1) is 0 Å². The highest BCUT2D eigenvalue weighted by Gasteiger charge is 2.13. The second kappa shape index (κ2) is 4.58. The zero-order valence-corrected chi connectivity index (χ0v) is 11.5. The van der Waals surface area contributed by atoms with Gasteiger partial charge in [-0.25, -0.2) is 9.97 Å². The molecule has 0 amide bonds. The quantitative estimate of drug-likeness (QED) is 0.797. The minimum Gasteiger partial charge on any atom is -0.384 e. The second-order valence-corrected chi connectivity index (χ2v) is 5.65. The van der Waals surface area contributed by atoms with Gasteiger partial charge in [-0.15, -0.1) is 0 Å². The van der Waals surface area contributed by atoms with Crippen molar-refractivity contribution in [3.63, 3.8) is 0 Å². The Labute approximate surface area is 112 Å². The van der Waals surface area contributed by atoms with Gasteiger partial charge in [-0.05, 0) is 11.0 Å². The van der Waals surface area contributed by atoms with Gasteiger partial charge in [-0.2, -0.15) is 0 Å². The number of benzene rings is 1. The summed E-state index contributed by atoms with van der Waals surface area (Å²) in [6.07, 6.45) is 0. The van der Waals surface area contributed by atoms with Crippen LogP contribution in [0.15, 0.2) is 30.3 Å². The summed E-state index contributed by atoms with van der Waals surface area (Å²) in [6, 6.07) is 9.68. The third-order valence-corrected chi connectivity index (χ3v) is 2.92. The molecule has 2 aromatic rings.